The molecule has 0 atom stereocenters. The fourth-order valence-corrected chi connectivity index (χ4v) is 2.59. The Bertz CT molecular complexity index is 655. The van der Waals surface area contributed by atoms with Crippen LogP contribution in [0.3, 0.4) is 0 Å². The molecule has 0 unspecified atom stereocenters. The normalized spacial score (nSPS) is 11.1. The zero-order valence-corrected chi connectivity index (χ0v) is 11.5. The molecular formula is C10H11N3O4S2. The highest BCUT2D eigenvalue weighted by atomic mass is 32.2. The van der Waals surface area contributed by atoms with Gasteiger partial charge >= 0.3 is 0 Å². The second-order valence-corrected chi connectivity index (χ2v) is 5.37. The van der Waals surface area contributed by atoms with E-state index in [9.17, 15) is 8.42 Å². The maximum Gasteiger partial charge on any atom is 0.263 e. The SMILES string of the molecule is COc1cc(S(=O)(=O)Nc2ccon2)ccc1NS. The number of nitrogens with one attached hydrogen (secondary N) is 2. The van der Waals surface area contributed by atoms with Gasteiger partial charge in [-0.15, -0.1) is 0 Å². The molecule has 0 saturated heterocycles. The van der Waals surface area contributed by atoms with E-state index in [0.29, 0.717) is 11.4 Å². The van der Waals surface area contributed by atoms with Crippen LogP contribution in [0.1, 0.15) is 0 Å². The summed E-state index contributed by atoms with van der Waals surface area (Å²) in [6.45, 7) is 0. The lowest BCUT2D eigenvalue weighted by atomic mass is 10.3. The first kappa shape index (κ1) is 13.6. The van der Waals surface area contributed by atoms with E-state index in [4.69, 9.17) is 4.74 Å². The maximum absolute atomic E-state index is 12.1. The van der Waals surface area contributed by atoms with Gasteiger partial charge in [-0.1, -0.05) is 18.0 Å². The van der Waals surface area contributed by atoms with Crippen molar-refractivity contribution < 1.29 is 17.7 Å². The summed E-state index contributed by atoms with van der Waals surface area (Å²) in [7, 11) is -2.31. The van der Waals surface area contributed by atoms with Gasteiger partial charge in [0.05, 0.1) is 17.7 Å². The predicted molar refractivity (Wildman–Crippen MR) is 72.9 cm³/mol. The van der Waals surface area contributed by atoms with Gasteiger partial charge in [0.25, 0.3) is 10.0 Å². The van der Waals surface area contributed by atoms with Gasteiger partial charge in [0.15, 0.2) is 5.82 Å². The van der Waals surface area contributed by atoms with E-state index >= 15 is 0 Å². The number of anilines is 2. The highest BCUT2D eigenvalue weighted by Gasteiger charge is 2.17. The maximum atomic E-state index is 12.1. The Balaban J connectivity index is 2.35. The van der Waals surface area contributed by atoms with Crippen molar-refractivity contribution in [3.8, 4) is 5.75 Å². The quantitative estimate of drug-likeness (QED) is 0.728. The van der Waals surface area contributed by atoms with Crippen molar-refractivity contribution in [2.45, 2.75) is 4.90 Å². The first-order chi connectivity index (χ1) is 9.06. The Morgan fingerprint density at radius 2 is 2.16 bits per heavy atom. The van der Waals surface area contributed by atoms with Gasteiger partial charge in [0.2, 0.25) is 0 Å². The molecule has 0 aliphatic rings. The highest BCUT2D eigenvalue weighted by molar-refractivity contribution is 7.92. The average Bonchev–Trinajstić information content (AvgIpc) is 2.89. The standard InChI is InChI=1S/C10H11N3O4S2/c1-16-9-6-7(2-3-8(9)12-18)19(14,15)13-10-4-5-17-11-10/h2-6,12,18H,1H3,(H,11,13). The van der Waals surface area contributed by atoms with Crippen LogP contribution in [0.15, 0.2) is 39.9 Å². The molecule has 2 rings (SSSR count). The summed E-state index contributed by atoms with van der Waals surface area (Å²) in [6.07, 6.45) is 1.27. The number of aromatic nitrogens is 1. The van der Waals surface area contributed by atoms with Gasteiger partial charge in [0.1, 0.15) is 12.0 Å². The molecule has 19 heavy (non-hydrogen) atoms. The molecule has 7 nitrogen and oxygen atoms in total. The van der Waals surface area contributed by atoms with Gasteiger partial charge in [-0.3, -0.25) is 4.72 Å². The number of sulfonamides is 1. The summed E-state index contributed by atoms with van der Waals surface area (Å²) < 4.78 is 38.7. The van der Waals surface area contributed by atoms with Crippen molar-refractivity contribution >= 4 is 34.3 Å². The Hall–Kier alpha value is -1.87. The number of hydrogen-bond acceptors (Lipinski definition) is 7. The van der Waals surface area contributed by atoms with E-state index in [-0.39, 0.29) is 10.7 Å². The van der Waals surface area contributed by atoms with Crippen molar-refractivity contribution in [2.24, 2.45) is 0 Å². The molecule has 0 aliphatic carbocycles. The van der Waals surface area contributed by atoms with Crippen LogP contribution in [0.5, 0.6) is 5.75 Å². The summed E-state index contributed by atoms with van der Waals surface area (Å²) in [5.41, 5.74) is 0.561. The summed E-state index contributed by atoms with van der Waals surface area (Å²) in [6, 6.07) is 5.74. The third-order valence-corrected chi connectivity index (χ3v) is 3.87. The lowest BCUT2D eigenvalue weighted by Crippen LogP contribution is -2.13. The minimum Gasteiger partial charge on any atom is -0.495 e. The number of methoxy groups -OCH3 is 1. The fraction of sp³-hybridized carbons (Fsp3) is 0.100. The molecule has 2 aromatic rings. The molecule has 0 spiro atoms. The van der Waals surface area contributed by atoms with E-state index in [0.717, 1.165) is 0 Å². The average molecular weight is 301 g/mol. The smallest absolute Gasteiger partial charge is 0.263 e. The van der Waals surface area contributed by atoms with Crippen LogP contribution in [-0.4, -0.2) is 20.7 Å². The van der Waals surface area contributed by atoms with Crippen LogP contribution in [-0.2, 0) is 10.0 Å². The molecule has 0 amide bonds. The van der Waals surface area contributed by atoms with E-state index < -0.39 is 10.0 Å². The second-order valence-electron chi connectivity index (χ2n) is 3.46. The van der Waals surface area contributed by atoms with Crippen molar-refractivity contribution in [1.82, 2.24) is 5.16 Å². The number of hydrogen-bond donors (Lipinski definition) is 3. The van der Waals surface area contributed by atoms with E-state index in [2.05, 4.69) is 31.9 Å². The topological polar surface area (TPSA) is 93.5 Å². The number of ether oxygens (including phenoxy) is 1. The third kappa shape index (κ3) is 2.93. The van der Waals surface area contributed by atoms with Crippen LogP contribution >= 0.6 is 12.8 Å². The molecule has 1 aromatic carbocycles. The first-order valence-corrected chi connectivity index (χ1v) is 7.01. The Kier molecular flexibility index (Phi) is 3.86. The fourth-order valence-electron chi connectivity index (χ4n) is 1.39. The van der Waals surface area contributed by atoms with Crippen molar-refractivity contribution in [3.63, 3.8) is 0 Å². The molecule has 2 N–H and O–H groups in total. The van der Waals surface area contributed by atoms with Gasteiger partial charge < -0.3 is 14.0 Å². The minimum absolute atomic E-state index is 0.0414. The minimum atomic E-state index is -3.75. The van der Waals surface area contributed by atoms with Gasteiger partial charge in [-0.2, -0.15) is 0 Å². The van der Waals surface area contributed by atoms with E-state index in [1.807, 2.05) is 0 Å². The molecule has 102 valence electrons. The van der Waals surface area contributed by atoms with Crippen LogP contribution in [0, 0.1) is 0 Å². The van der Waals surface area contributed by atoms with Crippen LogP contribution < -0.4 is 14.2 Å². The first-order valence-electron chi connectivity index (χ1n) is 5.08. The molecule has 1 heterocycles. The van der Waals surface area contributed by atoms with E-state index in [1.54, 1.807) is 6.07 Å². The number of benzene rings is 1. The third-order valence-electron chi connectivity index (χ3n) is 2.28. The van der Waals surface area contributed by atoms with Gasteiger partial charge in [0, 0.05) is 12.1 Å². The van der Waals surface area contributed by atoms with Gasteiger partial charge in [-0.25, -0.2) is 8.42 Å². The summed E-state index contributed by atoms with van der Waals surface area (Å²) in [5.74, 6) is 0.466. The van der Waals surface area contributed by atoms with Gasteiger partial charge in [-0.05, 0) is 12.1 Å². The molecule has 1 aromatic heterocycles. The van der Waals surface area contributed by atoms with Crippen molar-refractivity contribution in [2.75, 3.05) is 16.6 Å². The second kappa shape index (κ2) is 5.41. The lowest BCUT2D eigenvalue weighted by molar-refractivity contribution is 0.415. The summed E-state index contributed by atoms with van der Waals surface area (Å²) in [4.78, 5) is 0.0414. The number of nitrogens with zero attached hydrogens (tertiary/aromatic N) is 1. The van der Waals surface area contributed by atoms with Crippen LogP contribution in [0.2, 0.25) is 0 Å². The molecule has 0 saturated carbocycles. The molecule has 0 fully saturated rings. The van der Waals surface area contributed by atoms with Crippen LogP contribution in [0.25, 0.3) is 0 Å². The largest absolute Gasteiger partial charge is 0.495 e. The molecule has 9 heteroatoms. The zero-order valence-electron chi connectivity index (χ0n) is 9.82. The summed E-state index contributed by atoms with van der Waals surface area (Å²) >= 11 is 3.89. The summed E-state index contributed by atoms with van der Waals surface area (Å²) in [5, 5.41) is 3.48. The van der Waals surface area contributed by atoms with Crippen LogP contribution in [0.4, 0.5) is 11.5 Å². The monoisotopic (exact) mass is 301 g/mol. The number of rotatable bonds is 5. The molecule has 0 aliphatic heterocycles. The molecule has 0 bridgehead atoms. The molecule has 0 radical (unpaired) electrons. The molecular weight excluding hydrogens is 290 g/mol. The van der Waals surface area contributed by atoms with Crippen molar-refractivity contribution in [3.05, 3.63) is 30.5 Å². The van der Waals surface area contributed by atoms with Crippen molar-refractivity contribution in [1.29, 1.82) is 0 Å². The Labute approximate surface area is 115 Å². The zero-order chi connectivity index (χ0) is 13.9. The van der Waals surface area contributed by atoms with E-state index in [1.165, 1.54) is 31.6 Å². The number of thiol groups is 1. The highest BCUT2D eigenvalue weighted by Crippen LogP contribution is 2.28. The predicted octanol–water partition coefficient (Wildman–Crippen LogP) is 1.74. The Morgan fingerprint density at radius 1 is 1.37 bits per heavy atom. The lowest BCUT2D eigenvalue weighted by Gasteiger charge is -2.10. The Morgan fingerprint density at radius 3 is 2.74 bits per heavy atom.